The summed E-state index contributed by atoms with van der Waals surface area (Å²) in [7, 11) is 0. The van der Waals surface area contributed by atoms with E-state index in [-0.39, 0.29) is 11.7 Å². The summed E-state index contributed by atoms with van der Waals surface area (Å²) in [5.74, 6) is 0.367. The lowest BCUT2D eigenvalue weighted by molar-refractivity contribution is -0.394. The minimum absolute atomic E-state index is 0.0426. The molecule has 152 valence electrons. The molecule has 3 rings (SSSR count). The lowest BCUT2D eigenvalue weighted by atomic mass is 10.0. The van der Waals surface area contributed by atoms with Gasteiger partial charge in [0.2, 0.25) is 0 Å². The van der Waals surface area contributed by atoms with Gasteiger partial charge in [-0.05, 0) is 31.0 Å². The molecule has 9 nitrogen and oxygen atoms in total. The average Bonchev–Trinajstić information content (AvgIpc) is 2.70. The molecule has 0 spiro atoms. The molecule has 0 bridgehead atoms. The van der Waals surface area contributed by atoms with Crippen LogP contribution in [0.25, 0.3) is 0 Å². The summed E-state index contributed by atoms with van der Waals surface area (Å²) < 4.78 is 6.09. The molecule has 1 aliphatic rings. The van der Waals surface area contributed by atoms with Crippen LogP contribution in [0.2, 0.25) is 0 Å². The van der Waals surface area contributed by atoms with Gasteiger partial charge in [-0.3, -0.25) is 25.0 Å². The van der Waals surface area contributed by atoms with Crippen LogP contribution >= 0.6 is 0 Å². The third kappa shape index (κ3) is 4.68. The molecular weight excluding hydrogens is 378 g/mol. The van der Waals surface area contributed by atoms with Crippen molar-refractivity contribution in [3.05, 3.63) is 73.3 Å². The van der Waals surface area contributed by atoms with Gasteiger partial charge < -0.3 is 9.64 Å². The zero-order valence-electron chi connectivity index (χ0n) is 16.2. The number of carbonyl (C=O) groups excluding carboxylic acids is 1. The van der Waals surface area contributed by atoms with Crippen LogP contribution in [0.5, 0.6) is 5.75 Å². The number of hydrogen-bond donors (Lipinski definition) is 0. The second-order valence-corrected chi connectivity index (χ2v) is 7.13. The molecule has 29 heavy (non-hydrogen) atoms. The van der Waals surface area contributed by atoms with Crippen LogP contribution < -0.4 is 4.74 Å². The lowest BCUT2D eigenvalue weighted by Gasteiger charge is -2.32. The normalized spacial score (nSPS) is 14.5. The van der Waals surface area contributed by atoms with E-state index in [1.807, 2.05) is 32.0 Å². The molecule has 1 aliphatic heterocycles. The van der Waals surface area contributed by atoms with Crippen LogP contribution in [0.15, 0.2) is 36.4 Å². The van der Waals surface area contributed by atoms with Gasteiger partial charge in [0.25, 0.3) is 17.3 Å². The van der Waals surface area contributed by atoms with Crippen LogP contribution in [0.4, 0.5) is 11.4 Å². The summed E-state index contributed by atoms with van der Waals surface area (Å²) in [6.07, 6.45) is 1.17. The number of piperidine rings is 1. The Balaban J connectivity index is 1.69. The van der Waals surface area contributed by atoms with Gasteiger partial charge in [-0.25, -0.2) is 0 Å². The molecular formula is C20H21N3O6. The zero-order valence-corrected chi connectivity index (χ0v) is 16.2. The first-order chi connectivity index (χ1) is 13.7. The highest BCUT2D eigenvalue weighted by molar-refractivity contribution is 5.95. The van der Waals surface area contributed by atoms with E-state index in [4.69, 9.17) is 4.74 Å². The van der Waals surface area contributed by atoms with Crippen molar-refractivity contribution in [2.75, 3.05) is 13.1 Å². The number of benzene rings is 2. The minimum Gasteiger partial charge on any atom is -0.490 e. The maximum absolute atomic E-state index is 12.8. The van der Waals surface area contributed by atoms with E-state index >= 15 is 0 Å². The number of nitro groups is 2. The SMILES string of the molecule is Cc1ccc(C)c(OC2CCN(C(=O)c3cc([N+](=O)[O-])cc([N+](=O)[O-])c3)CC2)c1. The number of amides is 1. The number of hydrogen-bond acceptors (Lipinski definition) is 6. The third-order valence-corrected chi connectivity index (χ3v) is 4.94. The maximum Gasteiger partial charge on any atom is 0.277 e. The average molecular weight is 399 g/mol. The van der Waals surface area contributed by atoms with Gasteiger partial charge in [-0.1, -0.05) is 12.1 Å². The molecule has 1 heterocycles. The van der Waals surface area contributed by atoms with Crippen molar-refractivity contribution in [1.82, 2.24) is 4.90 Å². The van der Waals surface area contributed by atoms with E-state index < -0.39 is 27.1 Å². The van der Waals surface area contributed by atoms with E-state index in [9.17, 15) is 25.0 Å². The number of rotatable bonds is 5. The van der Waals surface area contributed by atoms with Crippen molar-refractivity contribution in [2.24, 2.45) is 0 Å². The van der Waals surface area contributed by atoms with E-state index in [2.05, 4.69) is 0 Å². The van der Waals surface area contributed by atoms with Crippen LogP contribution in [0.1, 0.15) is 34.3 Å². The predicted molar refractivity (Wildman–Crippen MR) is 105 cm³/mol. The first-order valence-corrected chi connectivity index (χ1v) is 9.21. The second-order valence-electron chi connectivity index (χ2n) is 7.13. The summed E-state index contributed by atoms with van der Waals surface area (Å²) in [5.41, 5.74) is 1.13. The number of nitrogens with zero attached hydrogens (tertiary/aromatic N) is 3. The molecule has 9 heteroatoms. The van der Waals surface area contributed by atoms with Gasteiger partial charge in [-0.2, -0.15) is 0 Å². The van der Waals surface area contributed by atoms with Gasteiger partial charge in [0, 0.05) is 38.1 Å². The molecule has 1 amide bonds. The molecule has 0 N–H and O–H groups in total. The molecule has 1 saturated heterocycles. The molecule has 0 aromatic heterocycles. The first kappa shape index (κ1) is 20.2. The number of aryl methyl sites for hydroxylation is 2. The Kier molecular flexibility index (Phi) is 5.76. The standard InChI is InChI=1S/C20H21N3O6/c1-13-3-4-14(2)19(9-13)29-18-5-7-21(8-6-18)20(24)15-10-16(22(25)26)12-17(11-15)23(27)28/h3-4,9-12,18H,5-8H2,1-2H3. The number of nitro benzene ring substituents is 2. The summed E-state index contributed by atoms with van der Waals surface area (Å²) in [6, 6.07) is 9.00. The molecule has 1 fully saturated rings. The Hall–Kier alpha value is -3.49. The summed E-state index contributed by atoms with van der Waals surface area (Å²) in [4.78, 5) is 34.9. The van der Waals surface area contributed by atoms with Crippen LogP contribution in [-0.2, 0) is 0 Å². The van der Waals surface area contributed by atoms with Gasteiger partial charge in [0.05, 0.1) is 21.5 Å². The molecule has 0 atom stereocenters. The maximum atomic E-state index is 12.8. The van der Waals surface area contributed by atoms with Crippen LogP contribution in [0.3, 0.4) is 0 Å². The van der Waals surface area contributed by atoms with Crippen molar-refractivity contribution < 1.29 is 19.4 Å². The van der Waals surface area contributed by atoms with Crippen molar-refractivity contribution in [2.45, 2.75) is 32.8 Å². The van der Waals surface area contributed by atoms with Crippen molar-refractivity contribution >= 4 is 17.3 Å². The monoisotopic (exact) mass is 399 g/mol. The van der Waals surface area contributed by atoms with E-state index in [1.54, 1.807) is 4.90 Å². The molecule has 0 radical (unpaired) electrons. The summed E-state index contributed by atoms with van der Waals surface area (Å²) >= 11 is 0. The molecule has 2 aromatic carbocycles. The highest BCUT2D eigenvalue weighted by atomic mass is 16.6. The first-order valence-electron chi connectivity index (χ1n) is 9.21. The minimum atomic E-state index is -0.742. The largest absolute Gasteiger partial charge is 0.490 e. The number of likely N-dealkylation sites (tertiary alicyclic amines) is 1. The molecule has 0 saturated carbocycles. The molecule has 2 aromatic rings. The molecule has 0 unspecified atom stereocenters. The molecule has 0 aliphatic carbocycles. The predicted octanol–water partition coefficient (Wildman–Crippen LogP) is 3.80. The Morgan fingerprint density at radius 2 is 1.59 bits per heavy atom. The van der Waals surface area contributed by atoms with Gasteiger partial charge in [-0.15, -0.1) is 0 Å². The Morgan fingerprint density at radius 1 is 1.00 bits per heavy atom. The fourth-order valence-electron chi connectivity index (χ4n) is 3.30. The number of ether oxygens (including phenoxy) is 1. The van der Waals surface area contributed by atoms with E-state index in [0.717, 1.165) is 35.1 Å². The lowest BCUT2D eigenvalue weighted by Crippen LogP contribution is -2.41. The van der Waals surface area contributed by atoms with Gasteiger partial charge in [0.1, 0.15) is 11.9 Å². The van der Waals surface area contributed by atoms with Crippen molar-refractivity contribution in [3.63, 3.8) is 0 Å². The fourth-order valence-corrected chi connectivity index (χ4v) is 3.30. The fraction of sp³-hybridized carbons (Fsp3) is 0.350. The van der Waals surface area contributed by atoms with E-state index in [0.29, 0.717) is 25.9 Å². The quantitative estimate of drug-likeness (QED) is 0.558. The Bertz CT molecular complexity index is 934. The third-order valence-electron chi connectivity index (χ3n) is 4.94. The van der Waals surface area contributed by atoms with Crippen molar-refractivity contribution in [3.8, 4) is 5.75 Å². The van der Waals surface area contributed by atoms with E-state index in [1.165, 1.54) is 0 Å². The summed E-state index contributed by atoms with van der Waals surface area (Å²) in [5, 5.41) is 22.1. The van der Waals surface area contributed by atoms with Crippen LogP contribution in [0, 0.1) is 34.1 Å². The van der Waals surface area contributed by atoms with Gasteiger partial charge >= 0.3 is 0 Å². The zero-order chi connectivity index (χ0) is 21.1. The summed E-state index contributed by atoms with van der Waals surface area (Å²) in [6.45, 7) is 4.78. The smallest absolute Gasteiger partial charge is 0.277 e. The van der Waals surface area contributed by atoms with Gasteiger partial charge in [0.15, 0.2) is 0 Å². The number of non-ortho nitro benzene ring substituents is 2. The Morgan fingerprint density at radius 3 is 2.14 bits per heavy atom. The second kappa shape index (κ2) is 8.26. The van der Waals surface area contributed by atoms with Crippen molar-refractivity contribution in [1.29, 1.82) is 0 Å². The van der Waals surface area contributed by atoms with Crippen LogP contribution in [-0.4, -0.2) is 39.8 Å². The highest BCUT2D eigenvalue weighted by Crippen LogP contribution is 2.27. The topological polar surface area (TPSA) is 116 Å². The highest BCUT2D eigenvalue weighted by Gasteiger charge is 2.27. The Labute approximate surface area is 167 Å². The number of carbonyl (C=O) groups is 1.